The van der Waals surface area contributed by atoms with Gasteiger partial charge in [0.2, 0.25) is 0 Å². The summed E-state index contributed by atoms with van der Waals surface area (Å²) in [6.07, 6.45) is 0. The molecule has 0 bridgehead atoms. The molecule has 114 valence electrons. The van der Waals surface area contributed by atoms with Crippen LogP contribution in [-0.4, -0.2) is 37.4 Å². The Morgan fingerprint density at radius 2 is 2.19 bits per heavy atom. The van der Waals surface area contributed by atoms with E-state index in [-0.39, 0.29) is 35.6 Å². The third kappa shape index (κ3) is 5.18. The van der Waals surface area contributed by atoms with E-state index in [0.717, 1.165) is 6.07 Å². The highest BCUT2D eigenvalue weighted by Gasteiger charge is 2.17. The van der Waals surface area contributed by atoms with Gasteiger partial charge in [-0.15, -0.1) is 0 Å². The van der Waals surface area contributed by atoms with E-state index < -0.39 is 5.82 Å². The lowest BCUT2D eigenvalue weighted by Gasteiger charge is -2.21. The standard InChI is InChI=1S/C16H20FNO3/c1-11(2)15(10-21-3)18-16(20)13-7-6-12(5-4-8-19)14(17)9-13/h6-7,9,11,15,19H,8,10H2,1-3H3,(H,18,20). The summed E-state index contributed by atoms with van der Waals surface area (Å²) in [7, 11) is 1.57. The van der Waals surface area contributed by atoms with Crippen molar-refractivity contribution in [1.29, 1.82) is 0 Å². The minimum Gasteiger partial charge on any atom is -0.384 e. The van der Waals surface area contributed by atoms with E-state index in [0.29, 0.717) is 6.61 Å². The summed E-state index contributed by atoms with van der Waals surface area (Å²) in [5.41, 5.74) is 0.377. The van der Waals surface area contributed by atoms with Gasteiger partial charge in [0.25, 0.3) is 5.91 Å². The van der Waals surface area contributed by atoms with E-state index in [1.807, 2.05) is 13.8 Å². The molecule has 1 aromatic rings. The fraction of sp³-hybridized carbons (Fsp3) is 0.438. The second-order valence-electron chi connectivity index (χ2n) is 4.93. The Morgan fingerprint density at radius 3 is 2.71 bits per heavy atom. The van der Waals surface area contributed by atoms with Crippen molar-refractivity contribution in [2.24, 2.45) is 5.92 Å². The van der Waals surface area contributed by atoms with Gasteiger partial charge in [0.15, 0.2) is 0 Å². The Morgan fingerprint density at radius 1 is 1.48 bits per heavy atom. The second-order valence-corrected chi connectivity index (χ2v) is 4.93. The van der Waals surface area contributed by atoms with Gasteiger partial charge in [0.05, 0.1) is 18.2 Å². The number of carbonyl (C=O) groups excluding carboxylic acids is 1. The van der Waals surface area contributed by atoms with Gasteiger partial charge < -0.3 is 15.2 Å². The van der Waals surface area contributed by atoms with E-state index in [1.165, 1.54) is 12.1 Å². The van der Waals surface area contributed by atoms with Gasteiger partial charge in [-0.2, -0.15) is 0 Å². The second kappa shape index (κ2) is 8.40. The minimum atomic E-state index is -0.587. The van der Waals surface area contributed by atoms with Gasteiger partial charge >= 0.3 is 0 Å². The number of halogens is 1. The molecule has 0 saturated carbocycles. The molecule has 0 saturated heterocycles. The van der Waals surface area contributed by atoms with Crippen LogP contribution >= 0.6 is 0 Å². The van der Waals surface area contributed by atoms with Crippen LogP contribution in [-0.2, 0) is 4.74 Å². The first kappa shape index (κ1) is 17.2. The lowest BCUT2D eigenvalue weighted by molar-refractivity contribution is 0.0866. The maximum Gasteiger partial charge on any atom is 0.251 e. The number of amides is 1. The van der Waals surface area contributed by atoms with Crippen LogP contribution in [0.3, 0.4) is 0 Å². The van der Waals surface area contributed by atoms with Crippen molar-refractivity contribution in [1.82, 2.24) is 5.32 Å². The molecule has 1 rings (SSSR count). The highest BCUT2D eigenvalue weighted by molar-refractivity contribution is 5.94. The largest absolute Gasteiger partial charge is 0.384 e. The van der Waals surface area contributed by atoms with Crippen molar-refractivity contribution < 1.29 is 19.0 Å². The molecule has 2 N–H and O–H groups in total. The molecule has 0 fully saturated rings. The molecule has 0 aromatic heterocycles. The normalized spacial score (nSPS) is 11.7. The number of carbonyl (C=O) groups is 1. The quantitative estimate of drug-likeness (QED) is 0.810. The van der Waals surface area contributed by atoms with Crippen LogP contribution in [0.5, 0.6) is 0 Å². The molecule has 0 aliphatic heterocycles. The fourth-order valence-electron chi connectivity index (χ4n) is 1.72. The highest BCUT2D eigenvalue weighted by Crippen LogP contribution is 2.11. The van der Waals surface area contributed by atoms with Gasteiger partial charge in [-0.3, -0.25) is 4.79 Å². The first-order valence-corrected chi connectivity index (χ1v) is 6.68. The van der Waals surface area contributed by atoms with E-state index in [4.69, 9.17) is 9.84 Å². The Bertz CT molecular complexity index is 546. The van der Waals surface area contributed by atoms with Gasteiger partial charge in [0.1, 0.15) is 12.4 Å². The Kier molecular flexibility index (Phi) is 6.86. The van der Waals surface area contributed by atoms with Crippen LogP contribution < -0.4 is 5.32 Å². The van der Waals surface area contributed by atoms with Crippen LogP contribution in [0.2, 0.25) is 0 Å². The van der Waals surface area contributed by atoms with Crippen molar-refractivity contribution in [3.63, 3.8) is 0 Å². The van der Waals surface area contributed by atoms with Crippen molar-refractivity contribution in [2.45, 2.75) is 19.9 Å². The van der Waals surface area contributed by atoms with Crippen molar-refractivity contribution >= 4 is 5.91 Å². The predicted octanol–water partition coefficient (Wildman–Crippen LogP) is 1.57. The molecule has 21 heavy (non-hydrogen) atoms. The zero-order chi connectivity index (χ0) is 15.8. The molecule has 0 spiro atoms. The molecular weight excluding hydrogens is 273 g/mol. The number of ether oxygens (including phenoxy) is 1. The van der Waals surface area contributed by atoms with Gasteiger partial charge in [-0.25, -0.2) is 4.39 Å². The third-order valence-corrected chi connectivity index (χ3v) is 3.00. The van der Waals surface area contributed by atoms with Crippen LogP contribution in [0.1, 0.15) is 29.8 Å². The van der Waals surface area contributed by atoms with Crippen molar-refractivity contribution in [3.8, 4) is 11.8 Å². The van der Waals surface area contributed by atoms with Crippen LogP contribution in [0.4, 0.5) is 4.39 Å². The average molecular weight is 293 g/mol. The molecule has 1 atom stereocenters. The topological polar surface area (TPSA) is 58.6 Å². The van der Waals surface area contributed by atoms with Gasteiger partial charge in [-0.05, 0) is 24.1 Å². The summed E-state index contributed by atoms with van der Waals surface area (Å²) in [5.74, 6) is 4.11. The van der Waals surface area contributed by atoms with Crippen LogP contribution in [0.15, 0.2) is 18.2 Å². The summed E-state index contributed by atoms with van der Waals surface area (Å²) in [6, 6.07) is 3.93. The molecule has 4 nitrogen and oxygen atoms in total. The molecule has 0 radical (unpaired) electrons. The minimum absolute atomic E-state index is 0.139. The molecule has 5 heteroatoms. The van der Waals surface area contributed by atoms with Crippen molar-refractivity contribution in [3.05, 3.63) is 35.1 Å². The number of nitrogens with one attached hydrogen (secondary N) is 1. The number of hydrogen-bond donors (Lipinski definition) is 2. The lowest BCUT2D eigenvalue weighted by atomic mass is 10.0. The number of benzene rings is 1. The van der Waals surface area contributed by atoms with Crippen LogP contribution in [0, 0.1) is 23.6 Å². The summed E-state index contributed by atoms with van der Waals surface area (Å²) in [6.45, 7) is 4.00. The van der Waals surface area contributed by atoms with E-state index in [1.54, 1.807) is 7.11 Å². The lowest BCUT2D eigenvalue weighted by Crippen LogP contribution is -2.41. The third-order valence-electron chi connectivity index (χ3n) is 3.00. The SMILES string of the molecule is COCC(NC(=O)c1ccc(C#CCO)c(F)c1)C(C)C. The summed E-state index contributed by atoms with van der Waals surface area (Å²) < 4.78 is 18.8. The van der Waals surface area contributed by atoms with Crippen molar-refractivity contribution in [2.75, 3.05) is 20.3 Å². The molecule has 0 heterocycles. The summed E-state index contributed by atoms with van der Waals surface area (Å²) in [4.78, 5) is 12.1. The first-order valence-electron chi connectivity index (χ1n) is 6.68. The molecule has 1 amide bonds. The van der Waals surface area contributed by atoms with E-state index >= 15 is 0 Å². The molecule has 0 aliphatic rings. The molecule has 1 unspecified atom stereocenters. The molecular formula is C16H20FNO3. The number of rotatable bonds is 5. The van der Waals surface area contributed by atoms with E-state index in [2.05, 4.69) is 17.2 Å². The Hall–Kier alpha value is -1.90. The number of methoxy groups -OCH3 is 1. The summed E-state index contributed by atoms with van der Waals surface area (Å²) >= 11 is 0. The van der Waals surface area contributed by atoms with Crippen LogP contribution in [0.25, 0.3) is 0 Å². The Balaban J connectivity index is 2.85. The zero-order valence-electron chi connectivity index (χ0n) is 12.4. The zero-order valence-corrected chi connectivity index (χ0v) is 12.4. The number of aliphatic hydroxyl groups is 1. The molecule has 1 aromatic carbocycles. The molecule has 0 aliphatic carbocycles. The highest BCUT2D eigenvalue weighted by atomic mass is 19.1. The summed E-state index contributed by atoms with van der Waals surface area (Å²) in [5, 5.41) is 11.4. The first-order chi connectivity index (χ1) is 9.99. The maximum atomic E-state index is 13.8. The van der Waals surface area contributed by atoms with Gasteiger partial charge in [0, 0.05) is 12.7 Å². The van der Waals surface area contributed by atoms with E-state index in [9.17, 15) is 9.18 Å². The average Bonchev–Trinajstić information content (AvgIpc) is 2.45. The van der Waals surface area contributed by atoms with Gasteiger partial charge in [-0.1, -0.05) is 25.7 Å². The fourth-order valence-corrected chi connectivity index (χ4v) is 1.72. The number of aliphatic hydroxyl groups excluding tert-OH is 1. The predicted molar refractivity (Wildman–Crippen MR) is 78.3 cm³/mol. The smallest absolute Gasteiger partial charge is 0.251 e. The monoisotopic (exact) mass is 293 g/mol. The maximum absolute atomic E-state index is 13.8. The number of hydrogen-bond acceptors (Lipinski definition) is 3. The Labute approximate surface area is 124 Å².